The van der Waals surface area contributed by atoms with E-state index >= 15 is 0 Å². The first kappa shape index (κ1) is 9.24. The van der Waals surface area contributed by atoms with Gasteiger partial charge < -0.3 is 10.2 Å². The van der Waals surface area contributed by atoms with E-state index in [2.05, 4.69) is 4.98 Å². The molecule has 2 N–H and O–H groups in total. The summed E-state index contributed by atoms with van der Waals surface area (Å²) in [5.41, 5.74) is 7.67. The minimum Gasteiger partial charge on any atom is -0.453 e. The zero-order valence-electron chi connectivity index (χ0n) is 7.35. The molecule has 14 heavy (non-hydrogen) atoms. The SMILES string of the molecule is NC(c1cccnc1)c1ccoc1Cl. The molecule has 0 fully saturated rings. The lowest BCUT2D eigenvalue weighted by Gasteiger charge is -2.08. The lowest BCUT2D eigenvalue weighted by atomic mass is 10.0. The Morgan fingerprint density at radius 3 is 2.86 bits per heavy atom. The Kier molecular flexibility index (Phi) is 2.52. The number of pyridine rings is 1. The summed E-state index contributed by atoms with van der Waals surface area (Å²) < 4.78 is 4.97. The molecular weight excluding hydrogens is 200 g/mol. The average molecular weight is 209 g/mol. The van der Waals surface area contributed by atoms with E-state index in [0.717, 1.165) is 11.1 Å². The Labute approximate surface area is 86.5 Å². The molecule has 1 atom stereocenters. The van der Waals surface area contributed by atoms with Crippen LogP contribution in [0.1, 0.15) is 17.2 Å². The van der Waals surface area contributed by atoms with E-state index in [1.54, 1.807) is 18.5 Å². The van der Waals surface area contributed by atoms with Gasteiger partial charge in [-0.2, -0.15) is 0 Å². The monoisotopic (exact) mass is 208 g/mol. The van der Waals surface area contributed by atoms with Crippen molar-refractivity contribution in [3.05, 3.63) is 53.2 Å². The second-order valence-electron chi connectivity index (χ2n) is 2.91. The predicted octanol–water partition coefficient (Wildman–Crippen LogP) is 2.38. The Morgan fingerprint density at radius 1 is 1.43 bits per heavy atom. The number of halogens is 1. The average Bonchev–Trinajstić information content (AvgIpc) is 2.65. The van der Waals surface area contributed by atoms with Gasteiger partial charge in [0.05, 0.1) is 12.3 Å². The van der Waals surface area contributed by atoms with Crippen LogP contribution >= 0.6 is 11.6 Å². The summed E-state index contributed by atoms with van der Waals surface area (Å²) in [6, 6.07) is 5.22. The highest BCUT2D eigenvalue weighted by atomic mass is 35.5. The van der Waals surface area contributed by atoms with Crippen LogP contribution in [0.2, 0.25) is 5.22 Å². The fourth-order valence-corrected chi connectivity index (χ4v) is 1.50. The lowest BCUT2D eigenvalue weighted by Crippen LogP contribution is -2.11. The third-order valence-corrected chi connectivity index (χ3v) is 2.33. The van der Waals surface area contributed by atoms with Gasteiger partial charge in [0.25, 0.3) is 0 Å². The molecule has 0 saturated carbocycles. The van der Waals surface area contributed by atoms with Crippen LogP contribution in [0.5, 0.6) is 0 Å². The molecule has 2 heterocycles. The largest absolute Gasteiger partial charge is 0.453 e. The number of nitrogens with zero attached hydrogens (tertiary/aromatic N) is 1. The molecule has 0 spiro atoms. The maximum atomic E-state index is 5.98. The molecular formula is C10H9ClN2O. The summed E-state index contributed by atoms with van der Waals surface area (Å²) in [5, 5.41) is 0.335. The highest BCUT2D eigenvalue weighted by Crippen LogP contribution is 2.26. The first-order valence-electron chi connectivity index (χ1n) is 4.17. The molecule has 4 heteroatoms. The quantitative estimate of drug-likeness (QED) is 0.825. The summed E-state index contributed by atoms with van der Waals surface area (Å²) in [6.07, 6.45) is 4.94. The molecule has 0 radical (unpaired) electrons. The Morgan fingerprint density at radius 2 is 2.29 bits per heavy atom. The molecule has 72 valence electrons. The highest BCUT2D eigenvalue weighted by molar-refractivity contribution is 6.29. The van der Waals surface area contributed by atoms with E-state index in [0.29, 0.717) is 5.22 Å². The van der Waals surface area contributed by atoms with Gasteiger partial charge in [-0.1, -0.05) is 6.07 Å². The number of rotatable bonds is 2. The van der Waals surface area contributed by atoms with E-state index in [1.165, 1.54) is 6.26 Å². The van der Waals surface area contributed by atoms with Gasteiger partial charge in [0.2, 0.25) is 0 Å². The molecule has 0 aromatic carbocycles. The maximum Gasteiger partial charge on any atom is 0.198 e. The molecule has 2 rings (SSSR count). The number of hydrogen-bond acceptors (Lipinski definition) is 3. The van der Waals surface area contributed by atoms with E-state index in [-0.39, 0.29) is 6.04 Å². The number of furan rings is 1. The van der Waals surface area contributed by atoms with Crippen LogP contribution in [-0.2, 0) is 0 Å². The van der Waals surface area contributed by atoms with E-state index in [1.807, 2.05) is 12.1 Å². The minimum absolute atomic E-state index is 0.282. The van der Waals surface area contributed by atoms with E-state index < -0.39 is 0 Å². The molecule has 2 aromatic heterocycles. The number of aromatic nitrogens is 1. The Hall–Kier alpha value is -1.32. The van der Waals surface area contributed by atoms with Crippen LogP contribution in [0.3, 0.4) is 0 Å². The van der Waals surface area contributed by atoms with Crippen molar-refractivity contribution in [2.45, 2.75) is 6.04 Å². The zero-order valence-corrected chi connectivity index (χ0v) is 8.11. The van der Waals surface area contributed by atoms with Crippen molar-refractivity contribution >= 4 is 11.6 Å². The molecule has 0 saturated heterocycles. The molecule has 1 unspecified atom stereocenters. The zero-order chi connectivity index (χ0) is 9.97. The van der Waals surface area contributed by atoms with E-state index in [4.69, 9.17) is 21.8 Å². The van der Waals surface area contributed by atoms with Crippen molar-refractivity contribution in [1.29, 1.82) is 0 Å². The normalized spacial score (nSPS) is 12.7. The van der Waals surface area contributed by atoms with Crippen molar-refractivity contribution in [3.8, 4) is 0 Å². The van der Waals surface area contributed by atoms with Gasteiger partial charge in [-0.15, -0.1) is 0 Å². The van der Waals surface area contributed by atoms with Crippen molar-refractivity contribution in [2.24, 2.45) is 5.73 Å². The van der Waals surface area contributed by atoms with Crippen LogP contribution in [0.4, 0.5) is 0 Å². The molecule has 0 aliphatic carbocycles. The fraction of sp³-hybridized carbons (Fsp3) is 0.100. The smallest absolute Gasteiger partial charge is 0.198 e. The van der Waals surface area contributed by atoms with Crippen LogP contribution < -0.4 is 5.73 Å². The number of nitrogens with two attached hydrogens (primary N) is 1. The van der Waals surface area contributed by atoms with Gasteiger partial charge in [0, 0.05) is 18.0 Å². The first-order valence-corrected chi connectivity index (χ1v) is 4.55. The first-order chi connectivity index (χ1) is 6.79. The summed E-state index contributed by atoms with van der Waals surface area (Å²) in [4.78, 5) is 3.99. The highest BCUT2D eigenvalue weighted by Gasteiger charge is 2.14. The van der Waals surface area contributed by atoms with E-state index in [9.17, 15) is 0 Å². The van der Waals surface area contributed by atoms with Gasteiger partial charge in [-0.25, -0.2) is 0 Å². The van der Waals surface area contributed by atoms with Gasteiger partial charge in [0.15, 0.2) is 5.22 Å². The summed E-state index contributed by atoms with van der Waals surface area (Å²) in [5.74, 6) is 0. The molecule has 0 aliphatic rings. The minimum atomic E-state index is -0.282. The second kappa shape index (κ2) is 3.82. The predicted molar refractivity (Wildman–Crippen MR) is 54.0 cm³/mol. The molecule has 0 aliphatic heterocycles. The summed E-state index contributed by atoms with van der Waals surface area (Å²) in [6.45, 7) is 0. The van der Waals surface area contributed by atoms with Gasteiger partial charge in [0.1, 0.15) is 0 Å². The second-order valence-corrected chi connectivity index (χ2v) is 3.26. The Balaban J connectivity index is 2.34. The van der Waals surface area contributed by atoms with Gasteiger partial charge in [-0.05, 0) is 29.3 Å². The molecule has 2 aromatic rings. The maximum absolute atomic E-state index is 5.98. The standard InChI is InChI=1S/C10H9ClN2O/c11-10-8(3-5-14-10)9(12)7-2-1-4-13-6-7/h1-6,9H,12H2. The van der Waals surface area contributed by atoms with Crippen molar-refractivity contribution < 1.29 is 4.42 Å². The summed E-state index contributed by atoms with van der Waals surface area (Å²) >= 11 is 5.82. The molecule has 0 bridgehead atoms. The summed E-state index contributed by atoms with van der Waals surface area (Å²) in [7, 11) is 0. The van der Waals surface area contributed by atoms with Crippen molar-refractivity contribution in [2.75, 3.05) is 0 Å². The molecule has 0 amide bonds. The fourth-order valence-electron chi connectivity index (χ4n) is 1.27. The van der Waals surface area contributed by atoms with Crippen molar-refractivity contribution in [3.63, 3.8) is 0 Å². The third-order valence-electron chi connectivity index (χ3n) is 2.02. The van der Waals surface area contributed by atoms with Crippen molar-refractivity contribution in [1.82, 2.24) is 4.98 Å². The Bertz CT molecular complexity index is 413. The van der Waals surface area contributed by atoms with Crippen LogP contribution in [0, 0.1) is 0 Å². The van der Waals surface area contributed by atoms with Crippen LogP contribution in [0.15, 0.2) is 41.3 Å². The van der Waals surface area contributed by atoms with Gasteiger partial charge in [-0.3, -0.25) is 4.98 Å². The molecule has 3 nitrogen and oxygen atoms in total. The lowest BCUT2D eigenvalue weighted by molar-refractivity contribution is 0.564. The van der Waals surface area contributed by atoms with Crippen LogP contribution in [0.25, 0.3) is 0 Å². The third kappa shape index (κ3) is 1.64. The van der Waals surface area contributed by atoms with Crippen LogP contribution in [-0.4, -0.2) is 4.98 Å². The topological polar surface area (TPSA) is 52.0 Å². The van der Waals surface area contributed by atoms with Gasteiger partial charge >= 0.3 is 0 Å². The number of hydrogen-bond donors (Lipinski definition) is 1.